The summed E-state index contributed by atoms with van der Waals surface area (Å²) >= 11 is 1.29. The smallest absolute Gasteiger partial charge is 0.256 e. The third-order valence-corrected chi connectivity index (χ3v) is 3.70. The molecule has 5 nitrogen and oxygen atoms in total. The minimum Gasteiger partial charge on any atom is -0.437 e. The average molecular weight is 295 g/mol. The fourth-order valence-electron chi connectivity index (χ4n) is 1.59. The van der Waals surface area contributed by atoms with E-state index in [1.165, 1.54) is 17.8 Å². The van der Waals surface area contributed by atoms with Crippen LogP contribution in [0.5, 0.6) is 0 Å². The molecule has 1 aromatic carbocycles. The molecule has 2 rings (SSSR count). The van der Waals surface area contributed by atoms with Crippen molar-refractivity contribution in [1.82, 2.24) is 4.98 Å². The van der Waals surface area contributed by atoms with Gasteiger partial charge in [-0.2, -0.15) is 0 Å². The van der Waals surface area contributed by atoms with Gasteiger partial charge in [-0.1, -0.05) is 29.1 Å². The number of aryl methyl sites for hydroxylation is 2. The van der Waals surface area contributed by atoms with E-state index >= 15 is 0 Å². The van der Waals surface area contributed by atoms with Crippen LogP contribution in [0.2, 0.25) is 0 Å². The first-order valence-electron chi connectivity index (χ1n) is 5.85. The van der Waals surface area contributed by atoms with Crippen molar-refractivity contribution in [3.63, 3.8) is 0 Å². The van der Waals surface area contributed by atoms with Crippen molar-refractivity contribution in [1.29, 1.82) is 0 Å². The highest BCUT2D eigenvalue weighted by molar-refractivity contribution is 7.98. The molecule has 0 unspecified atom stereocenters. The van der Waals surface area contributed by atoms with Crippen LogP contribution in [0, 0.1) is 19.7 Å². The molecule has 0 radical (unpaired) electrons. The molecular formula is C13H14FN3O2S. The van der Waals surface area contributed by atoms with Crippen LogP contribution in [-0.2, 0) is 5.75 Å². The van der Waals surface area contributed by atoms with E-state index in [0.29, 0.717) is 16.5 Å². The van der Waals surface area contributed by atoms with Crippen LogP contribution in [0.15, 0.2) is 33.0 Å². The van der Waals surface area contributed by atoms with Crippen LogP contribution in [-0.4, -0.2) is 16.0 Å². The molecule has 1 heterocycles. The lowest BCUT2D eigenvalue weighted by molar-refractivity contribution is 0.318. The van der Waals surface area contributed by atoms with Gasteiger partial charge in [0.15, 0.2) is 5.84 Å². The molecule has 106 valence electrons. The van der Waals surface area contributed by atoms with Crippen molar-refractivity contribution in [2.45, 2.75) is 24.8 Å². The number of hydrogen-bond donors (Lipinski definition) is 2. The first kappa shape index (κ1) is 14.4. The standard InChI is InChI=1S/C13H14FN3O2S/c1-7-8(2)19-13(16-7)20-6-9-4-3-5-10(11(9)14)12(15)17-18/h3-5,18H,6H2,1-2H3,(H2,15,17). The molecule has 1 aromatic heterocycles. The van der Waals surface area contributed by atoms with Gasteiger partial charge in [0.05, 0.1) is 11.3 Å². The third kappa shape index (κ3) is 2.93. The van der Waals surface area contributed by atoms with Crippen LogP contribution < -0.4 is 5.73 Å². The van der Waals surface area contributed by atoms with E-state index in [-0.39, 0.29) is 11.4 Å². The zero-order chi connectivity index (χ0) is 14.7. The fraction of sp³-hybridized carbons (Fsp3) is 0.231. The Morgan fingerprint density at radius 2 is 2.25 bits per heavy atom. The minimum atomic E-state index is -0.504. The van der Waals surface area contributed by atoms with Gasteiger partial charge in [0, 0.05) is 5.75 Å². The topological polar surface area (TPSA) is 84.6 Å². The molecule has 0 atom stereocenters. The Kier molecular flexibility index (Phi) is 4.29. The van der Waals surface area contributed by atoms with E-state index < -0.39 is 5.82 Å². The SMILES string of the molecule is Cc1nc(SCc2cccc(/C(N)=N/O)c2F)oc1C. The maximum absolute atomic E-state index is 14.2. The maximum atomic E-state index is 14.2. The minimum absolute atomic E-state index is 0.0744. The van der Waals surface area contributed by atoms with Crippen molar-refractivity contribution in [2.24, 2.45) is 10.9 Å². The van der Waals surface area contributed by atoms with Crippen molar-refractivity contribution in [3.8, 4) is 0 Å². The van der Waals surface area contributed by atoms with Gasteiger partial charge in [0.2, 0.25) is 0 Å². The highest BCUT2D eigenvalue weighted by Gasteiger charge is 2.13. The molecule has 0 aliphatic carbocycles. The number of nitrogens with two attached hydrogens (primary N) is 1. The lowest BCUT2D eigenvalue weighted by Gasteiger charge is -2.05. The Morgan fingerprint density at radius 3 is 2.85 bits per heavy atom. The number of amidine groups is 1. The van der Waals surface area contributed by atoms with E-state index in [0.717, 1.165) is 11.5 Å². The zero-order valence-electron chi connectivity index (χ0n) is 11.1. The number of oxime groups is 1. The molecule has 0 bridgehead atoms. The molecule has 0 aliphatic heterocycles. The summed E-state index contributed by atoms with van der Waals surface area (Å²) in [6, 6.07) is 4.75. The summed E-state index contributed by atoms with van der Waals surface area (Å²) in [6.07, 6.45) is 0. The Balaban J connectivity index is 2.18. The quantitative estimate of drug-likeness (QED) is 0.298. The number of oxazole rings is 1. The van der Waals surface area contributed by atoms with Crippen molar-refractivity contribution in [3.05, 3.63) is 46.6 Å². The summed E-state index contributed by atoms with van der Waals surface area (Å²) in [5, 5.41) is 11.9. The number of hydrogen-bond acceptors (Lipinski definition) is 5. The van der Waals surface area contributed by atoms with Gasteiger partial charge >= 0.3 is 0 Å². The van der Waals surface area contributed by atoms with Gasteiger partial charge < -0.3 is 15.4 Å². The maximum Gasteiger partial charge on any atom is 0.256 e. The van der Waals surface area contributed by atoms with Crippen LogP contribution in [0.3, 0.4) is 0 Å². The molecular weight excluding hydrogens is 281 g/mol. The molecule has 0 saturated heterocycles. The normalized spacial score (nSPS) is 11.8. The summed E-state index contributed by atoms with van der Waals surface area (Å²) in [6.45, 7) is 3.68. The largest absolute Gasteiger partial charge is 0.437 e. The first-order valence-corrected chi connectivity index (χ1v) is 6.83. The molecule has 0 amide bonds. The highest BCUT2D eigenvalue weighted by atomic mass is 32.2. The molecule has 0 saturated carbocycles. The summed E-state index contributed by atoms with van der Waals surface area (Å²) in [5.74, 6) is 0.337. The summed E-state index contributed by atoms with van der Waals surface area (Å²) in [4.78, 5) is 4.21. The number of halogens is 1. The monoisotopic (exact) mass is 295 g/mol. The summed E-state index contributed by atoms with van der Waals surface area (Å²) < 4.78 is 19.6. The second-order valence-electron chi connectivity index (χ2n) is 4.17. The van der Waals surface area contributed by atoms with Crippen LogP contribution >= 0.6 is 11.8 Å². The number of nitrogens with zero attached hydrogens (tertiary/aromatic N) is 2. The van der Waals surface area contributed by atoms with Crippen LogP contribution in [0.4, 0.5) is 4.39 Å². The Hall–Kier alpha value is -2.02. The molecule has 0 fully saturated rings. The van der Waals surface area contributed by atoms with E-state index in [9.17, 15) is 4.39 Å². The summed E-state index contributed by atoms with van der Waals surface area (Å²) in [7, 11) is 0. The number of aromatic nitrogens is 1. The molecule has 3 N–H and O–H groups in total. The third-order valence-electron chi connectivity index (χ3n) is 2.82. The number of thioether (sulfide) groups is 1. The predicted molar refractivity (Wildman–Crippen MR) is 74.4 cm³/mol. The van der Waals surface area contributed by atoms with Crippen molar-refractivity contribution >= 4 is 17.6 Å². The molecule has 0 aliphatic rings. The Bertz CT molecular complexity index is 636. The van der Waals surface area contributed by atoms with E-state index in [4.69, 9.17) is 15.4 Å². The second-order valence-corrected chi connectivity index (χ2v) is 5.10. The average Bonchev–Trinajstić information content (AvgIpc) is 2.76. The predicted octanol–water partition coefficient (Wildman–Crippen LogP) is 2.82. The van der Waals surface area contributed by atoms with E-state index in [2.05, 4.69) is 10.1 Å². The molecule has 2 aromatic rings. The molecule has 20 heavy (non-hydrogen) atoms. The van der Waals surface area contributed by atoms with Gasteiger partial charge in [0.25, 0.3) is 5.22 Å². The Labute approximate surface area is 119 Å². The van der Waals surface area contributed by atoms with Gasteiger partial charge in [-0.25, -0.2) is 9.37 Å². The number of rotatable bonds is 4. The first-order chi connectivity index (χ1) is 9.52. The molecule has 7 heteroatoms. The molecule has 0 spiro atoms. The van der Waals surface area contributed by atoms with Gasteiger partial charge in [0.1, 0.15) is 11.6 Å². The Morgan fingerprint density at radius 1 is 1.50 bits per heavy atom. The van der Waals surface area contributed by atoms with Crippen molar-refractivity contribution in [2.75, 3.05) is 0 Å². The lowest BCUT2D eigenvalue weighted by Crippen LogP contribution is -2.15. The highest BCUT2D eigenvalue weighted by Crippen LogP contribution is 2.26. The van der Waals surface area contributed by atoms with Crippen molar-refractivity contribution < 1.29 is 14.0 Å². The second kappa shape index (κ2) is 5.96. The van der Waals surface area contributed by atoms with Gasteiger partial charge in [-0.15, -0.1) is 0 Å². The zero-order valence-corrected chi connectivity index (χ0v) is 11.9. The fourth-order valence-corrected chi connectivity index (χ4v) is 2.47. The number of benzene rings is 1. The van der Waals surface area contributed by atoms with Gasteiger partial charge in [-0.3, -0.25) is 0 Å². The van der Waals surface area contributed by atoms with Crippen LogP contribution in [0.1, 0.15) is 22.6 Å². The van der Waals surface area contributed by atoms with Crippen LogP contribution in [0.25, 0.3) is 0 Å². The van der Waals surface area contributed by atoms with E-state index in [1.54, 1.807) is 12.1 Å². The van der Waals surface area contributed by atoms with E-state index in [1.807, 2.05) is 13.8 Å². The van der Waals surface area contributed by atoms with Gasteiger partial charge in [-0.05, 0) is 25.5 Å². The lowest BCUT2D eigenvalue weighted by atomic mass is 10.1. The summed E-state index contributed by atoms with van der Waals surface area (Å²) in [5.41, 5.74) is 6.75.